The Hall–Kier alpha value is -1.98. The van der Waals surface area contributed by atoms with Crippen molar-refractivity contribution in [2.45, 2.75) is 60.0 Å². The van der Waals surface area contributed by atoms with Crippen LogP contribution in [0.5, 0.6) is 0 Å². The zero-order valence-corrected chi connectivity index (χ0v) is 16.4. The van der Waals surface area contributed by atoms with Crippen molar-refractivity contribution in [2.24, 2.45) is 0 Å². The Labute approximate surface area is 151 Å². The number of rotatable bonds is 3. The number of hydrogen-bond acceptors (Lipinski definition) is 2. The minimum absolute atomic E-state index is 0.0396. The molecule has 1 aliphatic rings. The Kier molecular flexibility index (Phi) is 6.14. The number of urea groups is 1. The summed E-state index contributed by atoms with van der Waals surface area (Å²) in [5, 5.41) is 2.93. The molecule has 140 valence electrons. The van der Waals surface area contributed by atoms with Gasteiger partial charge in [0.1, 0.15) is 0 Å². The summed E-state index contributed by atoms with van der Waals surface area (Å²) in [6.07, 6.45) is 0.806. The van der Waals surface area contributed by atoms with Crippen LogP contribution in [0, 0.1) is 13.8 Å². The molecule has 1 aliphatic heterocycles. The summed E-state index contributed by atoms with van der Waals surface area (Å²) in [5.41, 5.74) is 2.92. The fourth-order valence-electron chi connectivity index (χ4n) is 3.62. The Morgan fingerprint density at radius 3 is 2.16 bits per heavy atom. The van der Waals surface area contributed by atoms with Crippen LogP contribution in [0.2, 0.25) is 0 Å². The Morgan fingerprint density at radius 2 is 1.60 bits per heavy atom. The van der Waals surface area contributed by atoms with E-state index in [1.165, 1.54) is 0 Å². The number of aryl methyl sites for hydroxylation is 1. The number of nitrogens with zero attached hydrogens (tertiary/aromatic N) is 3. The van der Waals surface area contributed by atoms with Gasteiger partial charge in [-0.05, 0) is 54.0 Å². The number of nitrogens with one attached hydrogen (secondary N) is 1. The van der Waals surface area contributed by atoms with E-state index in [-0.39, 0.29) is 18.0 Å². The molecule has 6 nitrogen and oxygen atoms in total. The van der Waals surface area contributed by atoms with Crippen molar-refractivity contribution in [1.82, 2.24) is 19.7 Å². The van der Waals surface area contributed by atoms with Crippen molar-refractivity contribution >= 4 is 11.9 Å². The summed E-state index contributed by atoms with van der Waals surface area (Å²) in [6, 6.07) is 2.41. The van der Waals surface area contributed by atoms with E-state index in [4.69, 9.17) is 0 Å². The predicted molar refractivity (Wildman–Crippen MR) is 100 cm³/mol. The molecule has 1 aromatic rings. The van der Waals surface area contributed by atoms with E-state index in [9.17, 15) is 9.59 Å². The quantitative estimate of drug-likeness (QED) is 0.913. The molecule has 0 saturated carbocycles. The first-order valence-corrected chi connectivity index (χ1v) is 9.25. The van der Waals surface area contributed by atoms with Crippen LogP contribution in [0.1, 0.15) is 61.9 Å². The summed E-state index contributed by atoms with van der Waals surface area (Å²) >= 11 is 0. The van der Waals surface area contributed by atoms with Gasteiger partial charge in [-0.1, -0.05) is 0 Å². The molecular formula is C19H32N4O2. The van der Waals surface area contributed by atoms with E-state index in [2.05, 4.69) is 23.7 Å². The van der Waals surface area contributed by atoms with Crippen molar-refractivity contribution < 1.29 is 9.59 Å². The molecule has 0 bridgehead atoms. The Balaban J connectivity index is 2.09. The van der Waals surface area contributed by atoms with Gasteiger partial charge in [-0.2, -0.15) is 0 Å². The van der Waals surface area contributed by atoms with E-state index in [0.717, 1.165) is 23.4 Å². The maximum Gasteiger partial charge on any atom is 0.317 e. The van der Waals surface area contributed by atoms with Crippen LogP contribution in [0.3, 0.4) is 0 Å². The monoisotopic (exact) mass is 348 g/mol. The van der Waals surface area contributed by atoms with Gasteiger partial charge in [0, 0.05) is 49.7 Å². The molecule has 2 rings (SSSR count). The van der Waals surface area contributed by atoms with E-state index in [1.54, 1.807) is 0 Å². The lowest BCUT2D eigenvalue weighted by atomic mass is 10.2. The Bertz CT molecular complexity index is 634. The standard InChI is InChI=1S/C19H32N4O2/c1-13(2)20-19(25)22-9-7-8-21(10-11-22)18(24)17-12-15(5)23(14(3)4)16(17)6/h12-14H,7-11H2,1-6H3,(H,20,25). The highest BCUT2D eigenvalue weighted by Gasteiger charge is 2.25. The molecule has 0 atom stereocenters. The highest BCUT2D eigenvalue weighted by molar-refractivity contribution is 5.95. The maximum atomic E-state index is 13.0. The van der Waals surface area contributed by atoms with Crippen molar-refractivity contribution in [1.29, 1.82) is 0 Å². The summed E-state index contributed by atoms with van der Waals surface area (Å²) in [4.78, 5) is 28.9. The van der Waals surface area contributed by atoms with Gasteiger partial charge in [-0.25, -0.2) is 4.79 Å². The maximum absolute atomic E-state index is 13.0. The molecule has 0 radical (unpaired) electrons. The van der Waals surface area contributed by atoms with Crippen molar-refractivity contribution in [3.63, 3.8) is 0 Å². The molecule has 1 fully saturated rings. The molecule has 3 amide bonds. The lowest BCUT2D eigenvalue weighted by Gasteiger charge is -2.23. The fraction of sp³-hybridized carbons (Fsp3) is 0.684. The molecule has 25 heavy (non-hydrogen) atoms. The number of aromatic nitrogens is 1. The minimum Gasteiger partial charge on any atom is -0.346 e. The molecule has 0 unspecified atom stereocenters. The zero-order chi connectivity index (χ0) is 18.7. The lowest BCUT2D eigenvalue weighted by molar-refractivity contribution is 0.0761. The zero-order valence-electron chi connectivity index (χ0n) is 16.4. The van der Waals surface area contributed by atoms with E-state index in [1.807, 2.05) is 43.6 Å². The average Bonchev–Trinajstić information content (AvgIpc) is 2.70. The summed E-state index contributed by atoms with van der Waals surface area (Å²) < 4.78 is 2.20. The summed E-state index contributed by atoms with van der Waals surface area (Å²) in [5.74, 6) is 0.0751. The SMILES string of the molecule is Cc1cc(C(=O)N2CCCN(C(=O)NC(C)C)CC2)c(C)n1C(C)C. The fourth-order valence-corrected chi connectivity index (χ4v) is 3.62. The average molecular weight is 348 g/mol. The minimum atomic E-state index is -0.0396. The normalized spacial score (nSPS) is 15.7. The third-order valence-electron chi connectivity index (χ3n) is 4.71. The van der Waals surface area contributed by atoms with Crippen LogP contribution in [0.15, 0.2) is 6.07 Å². The molecule has 0 aliphatic carbocycles. The van der Waals surface area contributed by atoms with Crippen molar-refractivity contribution in [2.75, 3.05) is 26.2 Å². The largest absolute Gasteiger partial charge is 0.346 e. The third kappa shape index (κ3) is 4.35. The number of carbonyl (C=O) groups excluding carboxylic acids is 2. The van der Waals surface area contributed by atoms with Gasteiger partial charge in [-0.15, -0.1) is 0 Å². The smallest absolute Gasteiger partial charge is 0.317 e. The molecule has 1 saturated heterocycles. The molecule has 2 heterocycles. The van der Waals surface area contributed by atoms with Crippen LogP contribution >= 0.6 is 0 Å². The summed E-state index contributed by atoms with van der Waals surface area (Å²) in [6.45, 7) is 14.8. The molecule has 6 heteroatoms. The van der Waals surface area contributed by atoms with Crippen LogP contribution in [-0.2, 0) is 0 Å². The third-order valence-corrected chi connectivity index (χ3v) is 4.71. The Morgan fingerprint density at radius 1 is 1.00 bits per heavy atom. The van der Waals surface area contributed by atoms with Gasteiger partial charge in [0.05, 0.1) is 5.56 Å². The van der Waals surface area contributed by atoms with Gasteiger partial charge >= 0.3 is 6.03 Å². The first-order valence-electron chi connectivity index (χ1n) is 9.25. The van der Waals surface area contributed by atoms with Crippen LogP contribution in [0.4, 0.5) is 4.79 Å². The van der Waals surface area contributed by atoms with Gasteiger partial charge in [0.25, 0.3) is 5.91 Å². The molecule has 1 N–H and O–H groups in total. The molecular weight excluding hydrogens is 316 g/mol. The highest BCUT2D eigenvalue weighted by Crippen LogP contribution is 2.22. The molecule has 0 aromatic carbocycles. The topological polar surface area (TPSA) is 57.6 Å². The number of amides is 3. The molecule has 0 spiro atoms. The lowest BCUT2D eigenvalue weighted by Crippen LogP contribution is -2.44. The number of hydrogen-bond donors (Lipinski definition) is 1. The van der Waals surface area contributed by atoms with Gasteiger partial charge < -0.3 is 19.7 Å². The van der Waals surface area contributed by atoms with E-state index >= 15 is 0 Å². The summed E-state index contributed by atoms with van der Waals surface area (Å²) in [7, 11) is 0. The van der Waals surface area contributed by atoms with Gasteiger partial charge in [0.2, 0.25) is 0 Å². The second kappa shape index (κ2) is 7.93. The molecule has 1 aromatic heterocycles. The van der Waals surface area contributed by atoms with Gasteiger partial charge in [-0.3, -0.25) is 4.79 Å². The first-order chi connectivity index (χ1) is 11.7. The van der Waals surface area contributed by atoms with Crippen LogP contribution < -0.4 is 5.32 Å². The van der Waals surface area contributed by atoms with E-state index in [0.29, 0.717) is 32.2 Å². The van der Waals surface area contributed by atoms with Gasteiger partial charge in [0.15, 0.2) is 0 Å². The van der Waals surface area contributed by atoms with Crippen LogP contribution in [0.25, 0.3) is 0 Å². The second-order valence-corrected chi connectivity index (χ2v) is 7.49. The van der Waals surface area contributed by atoms with Crippen molar-refractivity contribution in [3.05, 3.63) is 23.0 Å². The highest BCUT2D eigenvalue weighted by atomic mass is 16.2. The van der Waals surface area contributed by atoms with Crippen molar-refractivity contribution in [3.8, 4) is 0 Å². The number of carbonyl (C=O) groups is 2. The predicted octanol–water partition coefficient (Wildman–Crippen LogP) is 2.95. The van der Waals surface area contributed by atoms with Crippen LogP contribution in [-0.4, -0.2) is 58.5 Å². The van der Waals surface area contributed by atoms with E-state index < -0.39 is 0 Å². The second-order valence-electron chi connectivity index (χ2n) is 7.49. The first kappa shape index (κ1) is 19.3.